The van der Waals surface area contributed by atoms with Crippen LogP contribution in [0.5, 0.6) is 0 Å². The number of carboxylic acid groups (broad SMARTS) is 2. The van der Waals surface area contributed by atoms with Crippen LogP contribution in [0.25, 0.3) is 0 Å². The van der Waals surface area contributed by atoms with Gasteiger partial charge in [0, 0.05) is 36.6 Å². The normalized spacial score (nSPS) is 13.7. The number of hydrogen-bond donors (Lipinski definition) is 2. The Bertz CT molecular complexity index is 1330. The Kier molecular flexibility index (Phi) is 13.4. The first-order chi connectivity index (χ1) is 21.6. The molecule has 0 amide bonds. The number of carboxylic acids is 2. The molecule has 0 aliphatic carbocycles. The molecule has 2 N–H and O–H groups in total. The molecule has 0 aliphatic rings. The van der Waals surface area contributed by atoms with Gasteiger partial charge in [-0.1, -0.05) is 72.8 Å². The summed E-state index contributed by atoms with van der Waals surface area (Å²) in [5.74, 6) is -2.15. The summed E-state index contributed by atoms with van der Waals surface area (Å²) in [6.07, 6.45) is 4.61. The maximum Gasteiger partial charge on any atom is 0.303 e. The molecule has 238 valence electrons. The van der Waals surface area contributed by atoms with E-state index in [-0.39, 0.29) is 23.9 Å². The van der Waals surface area contributed by atoms with E-state index in [4.69, 9.17) is 14.9 Å². The molecule has 45 heavy (non-hydrogen) atoms. The van der Waals surface area contributed by atoms with Crippen molar-refractivity contribution >= 4 is 11.9 Å². The Hall–Kier alpha value is -4.44. The van der Waals surface area contributed by atoms with E-state index in [9.17, 15) is 9.59 Å². The molecule has 2 aromatic heterocycles. The summed E-state index contributed by atoms with van der Waals surface area (Å²) in [4.78, 5) is 33.2. The van der Waals surface area contributed by atoms with Gasteiger partial charge >= 0.3 is 11.9 Å². The van der Waals surface area contributed by atoms with Crippen LogP contribution in [-0.4, -0.2) is 83.3 Å². The van der Waals surface area contributed by atoms with E-state index in [0.29, 0.717) is 13.2 Å². The SMILES string of the molecule is CN(C)C(COCC(Cc1ccccn1)(c1ccccc1)N(C)C)(Cc1ccccn1)c1ccccc1.O=C(O)CCC(=O)O. The van der Waals surface area contributed by atoms with Gasteiger partial charge in [0.2, 0.25) is 0 Å². The maximum atomic E-state index is 9.64. The molecule has 0 spiro atoms. The first-order valence-electron chi connectivity index (χ1n) is 14.9. The highest BCUT2D eigenvalue weighted by atomic mass is 16.5. The molecular weight excluding hydrogens is 568 g/mol. The zero-order valence-corrected chi connectivity index (χ0v) is 26.5. The van der Waals surface area contributed by atoms with E-state index in [1.807, 2.05) is 36.7 Å². The molecule has 0 saturated heterocycles. The van der Waals surface area contributed by atoms with Gasteiger partial charge in [-0.05, 0) is 63.6 Å². The van der Waals surface area contributed by atoms with Crippen molar-refractivity contribution < 1.29 is 24.5 Å². The lowest BCUT2D eigenvalue weighted by atomic mass is 9.83. The number of nitrogens with zero attached hydrogens (tertiary/aromatic N) is 4. The van der Waals surface area contributed by atoms with Crippen molar-refractivity contribution in [3.8, 4) is 0 Å². The average Bonchev–Trinajstić information content (AvgIpc) is 3.04. The molecule has 4 rings (SSSR count). The predicted octanol–water partition coefficient (Wildman–Crippen LogP) is 5.13. The number of carbonyl (C=O) groups is 2. The number of hydrogen-bond acceptors (Lipinski definition) is 7. The zero-order chi connectivity index (χ0) is 32.7. The third-order valence-corrected chi connectivity index (χ3v) is 7.97. The summed E-state index contributed by atoms with van der Waals surface area (Å²) in [5, 5.41) is 15.8. The number of pyridine rings is 2. The van der Waals surface area contributed by atoms with Crippen LogP contribution in [0.15, 0.2) is 109 Å². The fourth-order valence-corrected chi connectivity index (χ4v) is 5.27. The fourth-order valence-electron chi connectivity index (χ4n) is 5.27. The predicted molar refractivity (Wildman–Crippen MR) is 175 cm³/mol. The molecule has 0 aliphatic heterocycles. The number of likely N-dealkylation sites (N-methyl/N-ethyl adjacent to an activating group) is 2. The van der Waals surface area contributed by atoms with Crippen LogP contribution < -0.4 is 0 Å². The van der Waals surface area contributed by atoms with E-state index in [1.54, 1.807) is 0 Å². The quantitative estimate of drug-likeness (QED) is 0.189. The van der Waals surface area contributed by atoms with Gasteiger partial charge in [0.05, 0.1) is 37.1 Å². The van der Waals surface area contributed by atoms with Crippen LogP contribution in [-0.2, 0) is 38.2 Å². The molecule has 9 nitrogen and oxygen atoms in total. The van der Waals surface area contributed by atoms with Crippen molar-refractivity contribution in [3.05, 3.63) is 132 Å². The molecule has 2 unspecified atom stereocenters. The van der Waals surface area contributed by atoms with Crippen LogP contribution in [0.3, 0.4) is 0 Å². The van der Waals surface area contributed by atoms with Gasteiger partial charge in [-0.3, -0.25) is 29.4 Å². The van der Waals surface area contributed by atoms with Crippen molar-refractivity contribution in [1.82, 2.24) is 19.8 Å². The van der Waals surface area contributed by atoms with E-state index < -0.39 is 11.9 Å². The molecule has 4 aromatic rings. The summed E-state index contributed by atoms with van der Waals surface area (Å²) >= 11 is 0. The number of benzene rings is 2. The van der Waals surface area contributed by atoms with Gasteiger partial charge in [-0.2, -0.15) is 0 Å². The monoisotopic (exact) mass is 612 g/mol. The van der Waals surface area contributed by atoms with Gasteiger partial charge in [-0.15, -0.1) is 0 Å². The lowest BCUT2D eigenvalue weighted by Gasteiger charge is -2.44. The first-order valence-corrected chi connectivity index (χ1v) is 14.9. The third-order valence-electron chi connectivity index (χ3n) is 7.97. The second-order valence-electron chi connectivity index (χ2n) is 11.4. The second-order valence-corrected chi connectivity index (χ2v) is 11.4. The highest BCUT2D eigenvalue weighted by molar-refractivity contribution is 5.75. The van der Waals surface area contributed by atoms with E-state index in [2.05, 4.69) is 121 Å². The van der Waals surface area contributed by atoms with Crippen LogP contribution in [0.1, 0.15) is 35.4 Å². The Balaban J connectivity index is 0.000000610. The molecule has 2 atom stereocenters. The summed E-state index contributed by atoms with van der Waals surface area (Å²) < 4.78 is 6.80. The van der Waals surface area contributed by atoms with Crippen LogP contribution in [0.2, 0.25) is 0 Å². The minimum atomic E-state index is -1.08. The summed E-state index contributed by atoms with van der Waals surface area (Å²) in [7, 11) is 8.51. The lowest BCUT2D eigenvalue weighted by molar-refractivity contribution is -0.143. The van der Waals surface area contributed by atoms with E-state index in [0.717, 1.165) is 24.2 Å². The Morgan fingerprint density at radius 2 is 0.956 bits per heavy atom. The summed E-state index contributed by atoms with van der Waals surface area (Å²) in [6.45, 7) is 1.04. The molecule has 0 radical (unpaired) electrons. The number of ether oxygens (including phenoxy) is 1. The standard InChI is InChI=1S/C32H38N4O.C4H6O4/c1-35(2)31(27-15-7-5-8-16-27,23-29-19-11-13-21-33-29)25-37-26-32(36(3)4,28-17-9-6-10-18-28)24-30-20-12-14-22-34-30;5-3(6)1-2-4(7)8/h5-22H,23-26H2,1-4H3;1-2H2,(H,5,6)(H,7,8). The van der Waals surface area contributed by atoms with Crippen molar-refractivity contribution in [3.63, 3.8) is 0 Å². The third kappa shape index (κ3) is 10.0. The highest BCUT2D eigenvalue weighted by Crippen LogP contribution is 2.34. The van der Waals surface area contributed by atoms with Crippen LogP contribution in [0.4, 0.5) is 0 Å². The molecule has 0 saturated carbocycles. The molecular formula is C36H44N4O5. The van der Waals surface area contributed by atoms with Crippen molar-refractivity contribution in [2.75, 3.05) is 41.4 Å². The molecule has 2 aromatic carbocycles. The smallest absolute Gasteiger partial charge is 0.303 e. The van der Waals surface area contributed by atoms with Crippen molar-refractivity contribution in [2.45, 2.75) is 36.8 Å². The van der Waals surface area contributed by atoms with E-state index in [1.165, 1.54) is 11.1 Å². The largest absolute Gasteiger partial charge is 0.481 e. The minimum Gasteiger partial charge on any atom is -0.481 e. The van der Waals surface area contributed by atoms with Crippen molar-refractivity contribution in [2.24, 2.45) is 0 Å². The first kappa shape index (κ1) is 35.0. The zero-order valence-electron chi connectivity index (χ0n) is 26.5. The molecule has 2 heterocycles. The molecule has 0 bridgehead atoms. The average molecular weight is 613 g/mol. The molecule has 0 fully saturated rings. The lowest BCUT2D eigenvalue weighted by Crippen LogP contribution is -2.51. The van der Waals surface area contributed by atoms with E-state index >= 15 is 0 Å². The highest BCUT2D eigenvalue weighted by Gasteiger charge is 2.40. The van der Waals surface area contributed by atoms with Gasteiger partial charge in [-0.25, -0.2) is 0 Å². The van der Waals surface area contributed by atoms with Crippen LogP contribution >= 0.6 is 0 Å². The van der Waals surface area contributed by atoms with Gasteiger partial charge in [0.15, 0.2) is 0 Å². The Labute approximate surface area is 266 Å². The Morgan fingerprint density at radius 3 is 1.24 bits per heavy atom. The second kappa shape index (κ2) is 17.2. The van der Waals surface area contributed by atoms with Gasteiger partial charge < -0.3 is 14.9 Å². The van der Waals surface area contributed by atoms with Crippen molar-refractivity contribution in [1.29, 1.82) is 0 Å². The van der Waals surface area contributed by atoms with Crippen LogP contribution in [0, 0.1) is 0 Å². The number of aliphatic carboxylic acids is 2. The summed E-state index contributed by atoms with van der Waals surface area (Å²) in [5.41, 5.74) is 3.75. The minimum absolute atomic E-state index is 0.296. The number of aromatic nitrogens is 2. The topological polar surface area (TPSA) is 116 Å². The maximum absolute atomic E-state index is 9.64. The fraction of sp³-hybridized carbons (Fsp3) is 0.333. The summed E-state index contributed by atoms with van der Waals surface area (Å²) in [6, 6.07) is 33.5. The number of rotatable bonds is 15. The van der Waals surface area contributed by atoms with Gasteiger partial charge in [0.1, 0.15) is 0 Å². The Morgan fingerprint density at radius 1 is 0.600 bits per heavy atom. The molecule has 9 heteroatoms. The van der Waals surface area contributed by atoms with Gasteiger partial charge in [0.25, 0.3) is 0 Å².